The number of halogens is 3. The van der Waals surface area contributed by atoms with Crippen LogP contribution in [-0.4, -0.2) is 26.6 Å². The summed E-state index contributed by atoms with van der Waals surface area (Å²) in [4.78, 5) is 16.8. The Bertz CT molecular complexity index is 935. The van der Waals surface area contributed by atoms with Crippen molar-refractivity contribution in [1.29, 1.82) is 0 Å². The van der Waals surface area contributed by atoms with Gasteiger partial charge in [0.05, 0.1) is 16.6 Å². The van der Waals surface area contributed by atoms with Crippen LogP contribution in [0.1, 0.15) is 77.6 Å². The Morgan fingerprint density at radius 3 is 2.42 bits per heavy atom. The molecule has 0 unspecified atom stereocenters. The second-order valence-electron chi connectivity index (χ2n) is 10.2. The third-order valence-electron chi connectivity index (χ3n) is 6.31. The molecule has 7 heteroatoms. The van der Waals surface area contributed by atoms with Crippen LogP contribution >= 0.6 is 0 Å². The van der Waals surface area contributed by atoms with Crippen LogP contribution in [0.2, 0.25) is 0 Å². The number of hydrogen-bond acceptors (Lipinski definition) is 3. The van der Waals surface area contributed by atoms with Crippen molar-refractivity contribution < 1.29 is 23.1 Å². The SMILES string of the molecule is CC(C)(O)c1ccc2nc(CCCCC(=O)CC(C)(C)C3CC3)n(CC(F)(F)F)c2c1. The van der Waals surface area contributed by atoms with E-state index in [0.717, 1.165) is 0 Å². The van der Waals surface area contributed by atoms with E-state index >= 15 is 0 Å². The molecule has 31 heavy (non-hydrogen) atoms. The molecule has 0 amide bonds. The number of aryl methyl sites for hydroxylation is 1. The minimum Gasteiger partial charge on any atom is -0.386 e. The summed E-state index contributed by atoms with van der Waals surface area (Å²) in [6, 6.07) is 4.93. The number of carbonyl (C=O) groups is 1. The van der Waals surface area contributed by atoms with Crippen LogP contribution < -0.4 is 0 Å². The summed E-state index contributed by atoms with van der Waals surface area (Å²) in [5.74, 6) is 1.24. The molecule has 1 aliphatic rings. The fourth-order valence-electron chi connectivity index (χ4n) is 4.31. The van der Waals surface area contributed by atoms with E-state index in [1.807, 2.05) is 0 Å². The number of imidazole rings is 1. The monoisotopic (exact) mass is 438 g/mol. The van der Waals surface area contributed by atoms with Crippen LogP contribution in [0, 0.1) is 11.3 Å². The van der Waals surface area contributed by atoms with Gasteiger partial charge in [0.15, 0.2) is 0 Å². The normalized spacial score (nSPS) is 15.6. The first-order valence-corrected chi connectivity index (χ1v) is 11.1. The van der Waals surface area contributed by atoms with Crippen molar-refractivity contribution in [2.24, 2.45) is 11.3 Å². The van der Waals surface area contributed by atoms with E-state index in [2.05, 4.69) is 18.8 Å². The quantitative estimate of drug-likeness (QED) is 0.468. The highest BCUT2D eigenvalue weighted by Crippen LogP contribution is 2.47. The smallest absolute Gasteiger partial charge is 0.386 e. The number of benzene rings is 1. The van der Waals surface area contributed by atoms with Gasteiger partial charge in [-0.25, -0.2) is 4.98 Å². The molecule has 2 aromatic rings. The summed E-state index contributed by atoms with van der Waals surface area (Å²) in [6.45, 7) is 6.36. The maximum absolute atomic E-state index is 13.2. The van der Waals surface area contributed by atoms with E-state index in [9.17, 15) is 23.1 Å². The molecule has 3 rings (SSSR count). The summed E-state index contributed by atoms with van der Waals surface area (Å²) in [6.07, 6.45) is 0.677. The molecule has 0 bridgehead atoms. The van der Waals surface area contributed by atoms with Gasteiger partial charge in [0.1, 0.15) is 18.2 Å². The molecule has 1 aliphatic carbocycles. The highest BCUT2D eigenvalue weighted by atomic mass is 19.4. The molecule has 0 saturated heterocycles. The molecular weight excluding hydrogens is 405 g/mol. The number of rotatable bonds is 10. The zero-order valence-corrected chi connectivity index (χ0v) is 18.9. The maximum atomic E-state index is 13.2. The molecule has 0 radical (unpaired) electrons. The summed E-state index contributed by atoms with van der Waals surface area (Å²) < 4.78 is 40.9. The Morgan fingerprint density at radius 2 is 1.84 bits per heavy atom. The van der Waals surface area contributed by atoms with Crippen molar-refractivity contribution in [3.63, 3.8) is 0 Å². The fourth-order valence-corrected chi connectivity index (χ4v) is 4.31. The van der Waals surface area contributed by atoms with Crippen molar-refractivity contribution in [2.75, 3.05) is 0 Å². The first kappa shape index (κ1) is 23.8. The molecule has 1 N–H and O–H groups in total. The predicted molar refractivity (Wildman–Crippen MR) is 115 cm³/mol. The fraction of sp³-hybridized carbons (Fsp3) is 0.667. The number of alkyl halides is 3. The second kappa shape index (κ2) is 8.57. The van der Waals surface area contributed by atoms with E-state index in [-0.39, 0.29) is 11.2 Å². The summed E-state index contributed by atoms with van der Waals surface area (Å²) in [7, 11) is 0. The van der Waals surface area contributed by atoms with Crippen LogP contribution in [0.5, 0.6) is 0 Å². The van der Waals surface area contributed by atoms with Crippen LogP contribution in [0.4, 0.5) is 13.2 Å². The minimum absolute atomic E-state index is 0.0515. The lowest BCUT2D eigenvalue weighted by atomic mass is 9.81. The predicted octanol–water partition coefficient (Wildman–Crippen LogP) is 5.93. The molecule has 1 aromatic heterocycles. The molecule has 172 valence electrons. The Balaban J connectivity index is 1.69. The highest BCUT2D eigenvalue weighted by molar-refractivity contribution is 5.79. The van der Waals surface area contributed by atoms with Gasteiger partial charge in [-0.15, -0.1) is 0 Å². The van der Waals surface area contributed by atoms with E-state index < -0.39 is 18.3 Å². The average Bonchev–Trinajstić information content (AvgIpc) is 3.42. The Kier molecular flexibility index (Phi) is 6.57. The lowest BCUT2D eigenvalue weighted by Gasteiger charge is -2.23. The van der Waals surface area contributed by atoms with Gasteiger partial charge in [-0.1, -0.05) is 19.9 Å². The molecule has 1 heterocycles. The van der Waals surface area contributed by atoms with Gasteiger partial charge in [-0.05, 0) is 68.6 Å². The van der Waals surface area contributed by atoms with Gasteiger partial charge in [-0.3, -0.25) is 4.79 Å². The van der Waals surface area contributed by atoms with Gasteiger partial charge < -0.3 is 9.67 Å². The van der Waals surface area contributed by atoms with Gasteiger partial charge in [0, 0.05) is 19.3 Å². The zero-order valence-electron chi connectivity index (χ0n) is 18.9. The largest absolute Gasteiger partial charge is 0.406 e. The Morgan fingerprint density at radius 1 is 1.16 bits per heavy atom. The summed E-state index contributed by atoms with van der Waals surface area (Å²) >= 11 is 0. The third kappa shape index (κ3) is 6.31. The third-order valence-corrected chi connectivity index (χ3v) is 6.31. The Hall–Kier alpha value is -1.89. The van der Waals surface area contributed by atoms with Crippen molar-refractivity contribution in [3.8, 4) is 0 Å². The van der Waals surface area contributed by atoms with Gasteiger partial charge >= 0.3 is 6.18 Å². The molecule has 4 nitrogen and oxygen atoms in total. The van der Waals surface area contributed by atoms with Gasteiger partial charge in [0.2, 0.25) is 0 Å². The number of hydrogen-bond donors (Lipinski definition) is 1. The first-order valence-electron chi connectivity index (χ1n) is 11.1. The van der Waals surface area contributed by atoms with Crippen LogP contribution in [-0.2, 0) is 23.4 Å². The van der Waals surface area contributed by atoms with Crippen molar-refractivity contribution in [1.82, 2.24) is 9.55 Å². The average molecular weight is 439 g/mol. The van der Waals surface area contributed by atoms with Gasteiger partial charge in [-0.2, -0.15) is 13.2 Å². The zero-order chi connectivity index (χ0) is 23.0. The molecule has 0 aliphatic heterocycles. The highest BCUT2D eigenvalue weighted by Gasteiger charge is 2.38. The summed E-state index contributed by atoms with van der Waals surface area (Å²) in [5, 5.41) is 10.2. The lowest BCUT2D eigenvalue weighted by Crippen LogP contribution is -2.20. The summed E-state index contributed by atoms with van der Waals surface area (Å²) in [5.41, 5.74) is 0.286. The van der Waals surface area contributed by atoms with Crippen LogP contribution in [0.15, 0.2) is 18.2 Å². The molecule has 1 saturated carbocycles. The number of fused-ring (bicyclic) bond motifs is 1. The topological polar surface area (TPSA) is 55.1 Å². The van der Waals surface area contributed by atoms with Crippen molar-refractivity contribution in [3.05, 3.63) is 29.6 Å². The molecule has 0 spiro atoms. The van der Waals surface area contributed by atoms with E-state index in [1.54, 1.807) is 32.0 Å². The Labute approximate surface area is 181 Å². The maximum Gasteiger partial charge on any atom is 0.406 e. The van der Waals surface area contributed by atoms with E-state index in [0.29, 0.717) is 60.4 Å². The standard InChI is InChI=1S/C24H33F3N2O2/c1-22(2,16-9-10-16)14-18(30)7-5-6-8-21-28-19-12-11-17(23(3,4)31)13-20(19)29(21)15-24(25,26)27/h11-13,16,31H,5-10,14-15H2,1-4H3. The number of aliphatic hydroxyl groups is 1. The van der Waals surface area contributed by atoms with Crippen molar-refractivity contribution >= 4 is 16.8 Å². The number of unbranched alkanes of at least 4 members (excludes halogenated alkanes) is 1. The number of nitrogens with zero attached hydrogens (tertiary/aromatic N) is 2. The molecule has 0 atom stereocenters. The second-order valence-corrected chi connectivity index (χ2v) is 10.2. The molecular formula is C24H33F3N2O2. The lowest BCUT2D eigenvalue weighted by molar-refractivity contribution is -0.140. The number of aromatic nitrogens is 2. The number of carbonyl (C=O) groups excluding carboxylic acids is 1. The first-order chi connectivity index (χ1) is 14.3. The van der Waals surface area contributed by atoms with E-state index in [1.165, 1.54) is 17.4 Å². The molecule has 1 fully saturated rings. The molecule has 1 aromatic carbocycles. The van der Waals surface area contributed by atoms with E-state index in [4.69, 9.17) is 0 Å². The minimum atomic E-state index is -4.38. The van der Waals surface area contributed by atoms with Crippen LogP contribution in [0.3, 0.4) is 0 Å². The number of ketones is 1. The van der Waals surface area contributed by atoms with Gasteiger partial charge in [0.25, 0.3) is 0 Å². The van der Waals surface area contributed by atoms with Crippen LogP contribution in [0.25, 0.3) is 11.0 Å². The van der Waals surface area contributed by atoms with Crippen molar-refractivity contribution in [2.45, 2.75) is 91.0 Å². The number of Topliss-reactive ketones (excluding diaryl/α,β-unsaturated/α-hetero) is 1.